The van der Waals surface area contributed by atoms with E-state index >= 15 is 0 Å². The molecule has 3 aromatic rings. The molecule has 41 heavy (non-hydrogen) atoms. The van der Waals surface area contributed by atoms with Crippen LogP contribution in [0.4, 0.5) is 17.6 Å². The van der Waals surface area contributed by atoms with Crippen molar-refractivity contribution in [3.8, 4) is 5.75 Å². The van der Waals surface area contributed by atoms with E-state index in [2.05, 4.69) is 9.88 Å². The van der Waals surface area contributed by atoms with Crippen molar-refractivity contribution in [2.45, 2.75) is 44.8 Å². The number of aromatic nitrogens is 1. The molecule has 2 fully saturated rings. The fourth-order valence-electron chi connectivity index (χ4n) is 5.46. The van der Waals surface area contributed by atoms with Crippen molar-refractivity contribution in [2.24, 2.45) is 5.92 Å². The summed E-state index contributed by atoms with van der Waals surface area (Å²) in [5.74, 6) is -2.89. The van der Waals surface area contributed by atoms with E-state index in [-0.39, 0.29) is 29.5 Å². The van der Waals surface area contributed by atoms with Crippen LogP contribution < -0.4 is 4.74 Å². The van der Waals surface area contributed by atoms with E-state index in [4.69, 9.17) is 4.74 Å². The SMILES string of the molecule is O=C(CC1CCN(Cc2cc(F)cc(F)c2)CC1)c1ccc(C(=O)N2CCC(Oc3ccc(F)c(F)c3)CC2)cn1. The molecule has 3 heterocycles. The minimum atomic E-state index is -0.966. The van der Waals surface area contributed by atoms with Crippen LogP contribution in [0.15, 0.2) is 54.7 Å². The normalized spacial score (nSPS) is 17.0. The second-order valence-corrected chi connectivity index (χ2v) is 10.7. The summed E-state index contributed by atoms with van der Waals surface area (Å²) in [4.78, 5) is 33.9. The van der Waals surface area contributed by atoms with Gasteiger partial charge in [-0.25, -0.2) is 17.6 Å². The fraction of sp³-hybridized carbons (Fsp3) is 0.387. The summed E-state index contributed by atoms with van der Waals surface area (Å²) < 4.78 is 59.2. The molecule has 0 unspecified atom stereocenters. The molecule has 2 saturated heterocycles. The highest BCUT2D eigenvalue weighted by Gasteiger charge is 2.26. The van der Waals surface area contributed by atoms with Gasteiger partial charge in [0.05, 0.1) is 5.56 Å². The van der Waals surface area contributed by atoms with Gasteiger partial charge >= 0.3 is 0 Å². The van der Waals surface area contributed by atoms with Gasteiger partial charge in [0.15, 0.2) is 17.4 Å². The molecular formula is C31H31F4N3O3. The third-order valence-corrected chi connectivity index (χ3v) is 7.73. The maximum absolute atomic E-state index is 13.5. The lowest BCUT2D eigenvalue weighted by Gasteiger charge is -2.32. The van der Waals surface area contributed by atoms with Crippen molar-refractivity contribution in [3.05, 3.63) is 94.8 Å². The number of carbonyl (C=O) groups is 2. The van der Waals surface area contributed by atoms with E-state index in [1.807, 2.05) is 0 Å². The van der Waals surface area contributed by atoms with Gasteiger partial charge in [0.1, 0.15) is 29.2 Å². The minimum Gasteiger partial charge on any atom is -0.490 e. The molecule has 1 aromatic heterocycles. The van der Waals surface area contributed by atoms with Gasteiger partial charge in [0.25, 0.3) is 5.91 Å². The van der Waals surface area contributed by atoms with Crippen LogP contribution in [0.1, 0.15) is 58.5 Å². The molecule has 2 aliphatic heterocycles. The van der Waals surface area contributed by atoms with Crippen LogP contribution in [0.25, 0.3) is 0 Å². The van der Waals surface area contributed by atoms with Crippen LogP contribution in [0.5, 0.6) is 5.75 Å². The first-order valence-corrected chi connectivity index (χ1v) is 13.8. The first kappa shape index (κ1) is 28.7. The number of hydrogen-bond acceptors (Lipinski definition) is 5. The van der Waals surface area contributed by atoms with Gasteiger partial charge in [-0.2, -0.15) is 0 Å². The number of Topliss-reactive ketones (excluding diaryl/α,β-unsaturated/α-hetero) is 1. The summed E-state index contributed by atoms with van der Waals surface area (Å²) in [6.07, 6.45) is 4.28. The molecule has 0 atom stereocenters. The van der Waals surface area contributed by atoms with Crippen molar-refractivity contribution < 1.29 is 31.9 Å². The highest BCUT2D eigenvalue weighted by molar-refractivity contribution is 5.97. The summed E-state index contributed by atoms with van der Waals surface area (Å²) in [6.45, 7) is 2.83. The van der Waals surface area contributed by atoms with Crippen molar-refractivity contribution in [2.75, 3.05) is 26.2 Å². The van der Waals surface area contributed by atoms with Crippen molar-refractivity contribution >= 4 is 11.7 Å². The number of hydrogen-bond donors (Lipinski definition) is 0. The molecule has 0 saturated carbocycles. The maximum Gasteiger partial charge on any atom is 0.255 e. The summed E-state index contributed by atoms with van der Waals surface area (Å²) in [5, 5.41) is 0. The third-order valence-electron chi connectivity index (χ3n) is 7.73. The molecule has 216 valence electrons. The predicted octanol–water partition coefficient (Wildman–Crippen LogP) is 5.81. The summed E-state index contributed by atoms with van der Waals surface area (Å²) >= 11 is 0. The van der Waals surface area contributed by atoms with E-state index in [0.717, 1.165) is 44.1 Å². The zero-order chi connectivity index (χ0) is 28.9. The molecule has 1 amide bonds. The number of nitrogens with zero attached hydrogens (tertiary/aromatic N) is 3. The van der Waals surface area contributed by atoms with Crippen LogP contribution in [0.2, 0.25) is 0 Å². The molecule has 0 N–H and O–H groups in total. The third kappa shape index (κ3) is 7.49. The van der Waals surface area contributed by atoms with Crippen LogP contribution in [-0.4, -0.2) is 58.8 Å². The number of pyridine rings is 1. The first-order valence-electron chi connectivity index (χ1n) is 13.8. The molecule has 0 aliphatic carbocycles. The lowest BCUT2D eigenvalue weighted by Crippen LogP contribution is -2.41. The Hall–Kier alpha value is -3.79. The Kier molecular flexibility index (Phi) is 8.97. The van der Waals surface area contributed by atoms with Gasteiger partial charge in [-0.1, -0.05) is 0 Å². The Labute approximate surface area is 235 Å². The second kappa shape index (κ2) is 12.8. The number of carbonyl (C=O) groups excluding carboxylic acids is 2. The fourth-order valence-corrected chi connectivity index (χ4v) is 5.46. The van der Waals surface area contributed by atoms with E-state index < -0.39 is 23.3 Å². The van der Waals surface area contributed by atoms with E-state index in [9.17, 15) is 27.2 Å². The smallest absolute Gasteiger partial charge is 0.255 e. The number of halogens is 4. The van der Waals surface area contributed by atoms with Gasteiger partial charge in [0, 0.05) is 57.2 Å². The lowest BCUT2D eigenvalue weighted by molar-refractivity contribution is 0.0594. The standard InChI is InChI=1S/C31H31F4N3O3/c32-23-13-21(14-24(33)16-23)19-37-9-5-20(6-10-37)15-30(39)29-4-1-22(18-36-29)31(40)38-11-7-25(8-12-38)41-26-2-3-27(34)28(35)17-26/h1-4,13-14,16-18,20,25H,5-12,15,19H2. The summed E-state index contributed by atoms with van der Waals surface area (Å²) in [6, 6.07) is 10.2. The topological polar surface area (TPSA) is 62.7 Å². The quantitative estimate of drug-likeness (QED) is 0.253. The highest BCUT2D eigenvalue weighted by Crippen LogP contribution is 2.25. The van der Waals surface area contributed by atoms with Gasteiger partial charge < -0.3 is 9.64 Å². The van der Waals surface area contributed by atoms with E-state index in [1.165, 1.54) is 24.4 Å². The van der Waals surface area contributed by atoms with Crippen molar-refractivity contribution in [3.63, 3.8) is 0 Å². The van der Waals surface area contributed by atoms with Crippen molar-refractivity contribution in [1.82, 2.24) is 14.8 Å². The Morgan fingerprint density at radius 2 is 1.54 bits per heavy atom. The van der Waals surface area contributed by atoms with Crippen LogP contribution in [0, 0.1) is 29.2 Å². The molecule has 2 aliphatic rings. The van der Waals surface area contributed by atoms with Gasteiger partial charge in [-0.3, -0.25) is 19.5 Å². The number of ketones is 1. The summed E-state index contributed by atoms with van der Waals surface area (Å²) in [5.41, 5.74) is 1.30. The first-order chi connectivity index (χ1) is 19.7. The zero-order valence-corrected chi connectivity index (χ0v) is 22.5. The van der Waals surface area contributed by atoms with Gasteiger partial charge in [-0.15, -0.1) is 0 Å². The average Bonchev–Trinajstić information content (AvgIpc) is 2.96. The Bertz CT molecular complexity index is 1370. The lowest BCUT2D eigenvalue weighted by atomic mass is 9.90. The Balaban J connectivity index is 1.06. The summed E-state index contributed by atoms with van der Waals surface area (Å²) in [7, 11) is 0. The number of piperidine rings is 2. The number of benzene rings is 2. The highest BCUT2D eigenvalue weighted by atomic mass is 19.2. The van der Waals surface area contributed by atoms with Crippen LogP contribution >= 0.6 is 0 Å². The molecule has 2 aromatic carbocycles. The molecule has 0 bridgehead atoms. The van der Waals surface area contributed by atoms with E-state index in [1.54, 1.807) is 17.0 Å². The van der Waals surface area contributed by atoms with Crippen LogP contribution in [-0.2, 0) is 6.54 Å². The molecule has 0 spiro atoms. The molecule has 0 radical (unpaired) electrons. The minimum absolute atomic E-state index is 0.0788. The number of likely N-dealkylation sites (tertiary alicyclic amines) is 2. The zero-order valence-electron chi connectivity index (χ0n) is 22.5. The number of ether oxygens (including phenoxy) is 1. The average molecular weight is 570 g/mol. The Morgan fingerprint density at radius 3 is 2.17 bits per heavy atom. The monoisotopic (exact) mass is 569 g/mol. The van der Waals surface area contributed by atoms with Crippen molar-refractivity contribution in [1.29, 1.82) is 0 Å². The molecule has 6 nitrogen and oxygen atoms in total. The number of rotatable bonds is 8. The predicted molar refractivity (Wildman–Crippen MR) is 143 cm³/mol. The molecular weight excluding hydrogens is 538 g/mol. The van der Waals surface area contributed by atoms with Gasteiger partial charge in [0.2, 0.25) is 0 Å². The number of amides is 1. The molecule has 10 heteroatoms. The van der Waals surface area contributed by atoms with Gasteiger partial charge in [-0.05, 0) is 73.8 Å². The maximum atomic E-state index is 13.5. The molecule has 5 rings (SSSR count). The van der Waals surface area contributed by atoms with Crippen LogP contribution in [0.3, 0.4) is 0 Å². The van der Waals surface area contributed by atoms with E-state index in [0.29, 0.717) is 55.7 Å². The Morgan fingerprint density at radius 1 is 0.829 bits per heavy atom. The largest absolute Gasteiger partial charge is 0.490 e. The second-order valence-electron chi connectivity index (χ2n) is 10.7.